The van der Waals surface area contributed by atoms with Crippen LogP contribution in [0.25, 0.3) is 0 Å². The summed E-state index contributed by atoms with van der Waals surface area (Å²) in [5.74, 6) is 1.01. The second-order valence-corrected chi connectivity index (χ2v) is 6.32. The van der Waals surface area contributed by atoms with Crippen LogP contribution >= 0.6 is 15.9 Å². The van der Waals surface area contributed by atoms with Crippen LogP contribution in [0.2, 0.25) is 0 Å². The fourth-order valence-corrected chi connectivity index (χ4v) is 2.89. The average molecular weight is 362 g/mol. The molecule has 2 aromatic rings. The molecule has 116 valence electrons. The van der Waals surface area contributed by atoms with Crippen LogP contribution in [-0.2, 0) is 0 Å². The fraction of sp³-hybridized carbons (Fsp3) is 0.353. The summed E-state index contributed by atoms with van der Waals surface area (Å²) in [6.45, 7) is 8.94. The molecule has 0 amide bonds. The Morgan fingerprint density at radius 2 is 2.00 bits per heavy atom. The average Bonchev–Trinajstić information content (AvgIpc) is 2.48. The summed E-state index contributed by atoms with van der Waals surface area (Å²) in [5.41, 5.74) is 3.44. The molecule has 0 atom stereocenters. The van der Waals surface area contributed by atoms with Gasteiger partial charge in [0, 0.05) is 16.7 Å². The van der Waals surface area contributed by atoms with Gasteiger partial charge in [-0.05, 0) is 59.5 Å². The highest BCUT2D eigenvalue weighted by atomic mass is 79.9. The molecule has 5 heteroatoms. The topological polar surface area (TPSA) is 46.1 Å². The summed E-state index contributed by atoms with van der Waals surface area (Å²) in [5, 5.41) is 0. The predicted octanol–water partition coefficient (Wildman–Crippen LogP) is 4.64. The zero-order valence-corrected chi connectivity index (χ0v) is 14.9. The van der Waals surface area contributed by atoms with E-state index in [0.717, 1.165) is 22.1 Å². The lowest BCUT2D eigenvalue weighted by atomic mass is 10.0. The Hall–Kier alpha value is -1.75. The second kappa shape index (κ2) is 7.01. The number of anilines is 2. The predicted molar refractivity (Wildman–Crippen MR) is 93.1 cm³/mol. The molecule has 0 aliphatic carbocycles. The number of carbonyl (C=O) groups is 1. The highest BCUT2D eigenvalue weighted by molar-refractivity contribution is 9.10. The van der Waals surface area contributed by atoms with Gasteiger partial charge < -0.3 is 4.90 Å². The first kappa shape index (κ1) is 16.6. The van der Waals surface area contributed by atoms with Crippen molar-refractivity contribution in [1.82, 2.24) is 9.97 Å². The van der Waals surface area contributed by atoms with Crippen molar-refractivity contribution < 1.29 is 4.79 Å². The van der Waals surface area contributed by atoms with E-state index in [2.05, 4.69) is 57.9 Å². The van der Waals surface area contributed by atoms with E-state index in [4.69, 9.17) is 0 Å². The number of benzene rings is 1. The lowest BCUT2D eigenvalue weighted by molar-refractivity contribution is 0.111. The molecule has 0 N–H and O–H groups in total. The molecule has 1 heterocycles. The number of hydrogen-bond acceptors (Lipinski definition) is 4. The van der Waals surface area contributed by atoms with E-state index in [-0.39, 0.29) is 0 Å². The Morgan fingerprint density at radius 3 is 2.55 bits per heavy atom. The molecule has 0 radical (unpaired) electrons. The SMILES string of the molecule is CCN(c1nc(C)cc(C=O)n1)c1ccc(C(C)C)cc1Br. The van der Waals surface area contributed by atoms with E-state index < -0.39 is 0 Å². The molecule has 0 fully saturated rings. The summed E-state index contributed by atoms with van der Waals surface area (Å²) in [6, 6.07) is 7.99. The van der Waals surface area contributed by atoms with E-state index in [1.165, 1.54) is 5.56 Å². The van der Waals surface area contributed by atoms with E-state index >= 15 is 0 Å². The highest BCUT2D eigenvalue weighted by Gasteiger charge is 2.15. The number of carbonyl (C=O) groups excluding carboxylic acids is 1. The van der Waals surface area contributed by atoms with Gasteiger partial charge >= 0.3 is 0 Å². The summed E-state index contributed by atoms with van der Waals surface area (Å²) in [4.78, 5) is 21.8. The minimum atomic E-state index is 0.399. The summed E-state index contributed by atoms with van der Waals surface area (Å²) in [7, 11) is 0. The van der Waals surface area contributed by atoms with Gasteiger partial charge in [-0.25, -0.2) is 9.97 Å². The minimum Gasteiger partial charge on any atom is -0.310 e. The molecule has 0 spiro atoms. The van der Waals surface area contributed by atoms with Gasteiger partial charge in [-0.1, -0.05) is 19.9 Å². The standard InChI is InChI=1S/C17H20BrN3O/c1-5-21(17-19-12(4)8-14(10-22)20-17)16-7-6-13(11(2)3)9-15(16)18/h6-11H,5H2,1-4H3. The van der Waals surface area contributed by atoms with Gasteiger partial charge in [-0.15, -0.1) is 0 Å². The Labute approximate surface area is 139 Å². The Morgan fingerprint density at radius 1 is 1.27 bits per heavy atom. The number of aryl methyl sites for hydroxylation is 1. The summed E-state index contributed by atoms with van der Waals surface area (Å²) in [6.07, 6.45) is 0.753. The second-order valence-electron chi connectivity index (χ2n) is 5.46. The Bertz CT molecular complexity index is 686. The molecular formula is C17H20BrN3O. The van der Waals surface area contributed by atoms with Crippen LogP contribution in [-0.4, -0.2) is 22.8 Å². The third-order valence-corrected chi connectivity index (χ3v) is 4.10. The number of aldehydes is 1. The largest absolute Gasteiger partial charge is 0.310 e. The van der Waals surface area contributed by atoms with Crippen molar-refractivity contribution in [2.24, 2.45) is 0 Å². The fourth-order valence-electron chi connectivity index (χ4n) is 2.28. The first-order chi connectivity index (χ1) is 10.5. The van der Waals surface area contributed by atoms with Crippen molar-refractivity contribution >= 4 is 33.9 Å². The summed E-state index contributed by atoms with van der Waals surface area (Å²) >= 11 is 3.64. The smallest absolute Gasteiger partial charge is 0.230 e. The van der Waals surface area contributed by atoms with Crippen LogP contribution in [0.5, 0.6) is 0 Å². The maximum Gasteiger partial charge on any atom is 0.230 e. The lowest BCUT2D eigenvalue weighted by Gasteiger charge is -2.23. The minimum absolute atomic E-state index is 0.399. The van der Waals surface area contributed by atoms with Gasteiger partial charge in [-0.2, -0.15) is 0 Å². The first-order valence-electron chi connectivity index (χ1n) is 7.34. The molecule has 1 aromatic heterocycles. The molecule has 0 unspecified atom stereocenters. The number of nitrogens with zero attached hydrogens (tertiary/aromatic N) is 3. The third kappa shape index (κ3) is 3.53. The summed E-state index contributed by atoms with van der Waals surface area (Å²) < 4.78 is 0.998. The maximum atomic E-state index is 11.0. The van der Waals surface area contributed by atoms with Crippen LogP contribution in [0.1, 0.15) is 48.4 Å². The lowest BCUT2D eigenvalue weighted by Crippen LogP contribution is -2.20. The zero-order valence-electron chi connectivity index (χ0n) is 13.3. The van der Waals surface area contributed by atoms with Gasteiger partial charge in [0.15, 0.2) is 6.29 Å². The van der Waals surface area contributed by atoms with Crippen LogP contribution in [0.3, 0.4) is 0 Å². The van der Waals surface area contributed by atoms with Gasteiger partial charge in [0.1, 0.15) is 5.69 Å². The van der Waals surface area contributed by atoms with E-state index in [1.54, 1.807) is 6.07 Å². The van der Waals surface area contributed by atoms with Gasteiger partial charge in [0.05, 0.1) is 5.69 Å². The molecule has 0 aliphatic heterocycles. The van der Waals surface area contributed by atoms with Crippen molar-refractivity contribution in [3.05, 3.63) is 45.7 Å². The molecule has 0 bridgehead atoms. The molecule has 0 saturated heterocycles. The van der Waals surface area contributed by atoms with Crippen LogP contribution in [0, 0.1) is 6.92 Å². The zero-order chi connectivity index (χ0) is 16.3. The molecule has 1 aromatic carbocycles. The first-order valence-corrected chi connectivity index (χ1v) is 8.13. The third-order valence-electron chi connectivity index (χ3n) is 3.47. The Kier molecular flexibility index (Phi) is 5.29. The molecule has 2 rings (SSSR count). The van der Waals surface area contributed by atoms with Crippen LogP contribution < -0.4 is 4.90 Å². The number of aromatic nitrogens is 2. The van der Waals surface area contributed by atoms with Crippen LogP contribution in [0.4, 0.5) is 11.6 Å². The van der Waals surface area contributed by atoms with Crippen molar-refractivity contribution in [2.75, 3.05) is 11.4 Å². The van der Waals surface area contributed by atoms with E-state index in [0.29, 0.717) is 24.1 Å². The highest BCUT2D eigenvalue weighted by Crippen LogP contribution is 2.33. The number of halogens is 1. The number of hydrogen-bond donors (Lipinski definition) is 0. The van der Waals surface area contributed by atoms with Crippen molar-refractivity contribution in [1.29, 1.82) is 0 Å². The van der Waals surface area contributed by atoms with Crippen molar-refractivity contribution in [3.63, 3.8) is 0 Å². The molecule has 4 nitrogen and oxygen atoms in total. The molecule has 22 heavy (non-hydrogen) atoms. The van der Waals surface area contributed by atoms with Crippen molar-refractivity contribution in [2.45, 2.75) is 33.6 Å². The van der Waals surface area contributed by atoms with Crippen LogP contribution in [0.15, 0.2) is 28.7 Å². The quantitative estimate of drug-likeness (QED) is 0.727. The van der Waals surface area contributed by atoms with Gasteiger partial charge in [0.2, 0.25) is 5.95 Å². The van der Waals surface area contributed by atoms with Crippen molar-refractivity contribution in [3.8, 4) is 0 Å². The number of rotatable bonds is 5. The molecular weight excluding hydrogens is 342 g/mol. The van der Waals surface area contributed by atoms with Gasteiger partial charge in [0.25, 0.3) is 0 Å². The molecule has 0 saturated carbocycles. The molecule has 0 aliphatic rings. The normalized spacial score (nSPS) is 10.8. The maximum absolute atomic E-state index is 11.0. The van der Waals surface area contributed by atoms with E-state index in [1.807, 2.05) is 18.7 Å². The Balaban J connectivity index is 2.48. The van der Waals surface area contributed by atoms with E-state index in [9.17, 15) is 4.79 Å². The van der Waals surface area contributed by atoms with Gasteiger partial charge in [-0.3, -0.25) is 4.79 Å². The monoisotopic (exact) mass is 361 g/mol.